The molecule has 0 aromatic carbocycles. The molecule has 0 spiro atoms. The molecule has 21 heavy (non-hydrogen) atoms. The van der Waals surface area contributed by atoms with Gasteiger partial charge in [-0.1, -0.05) is 6.42 Å². The van der Waals surface area contributed by atoms with Crippen LogP contribution in [0.2, 0.25) is 0 Å². The third-order valence-corrected chi connectivity index (χ3v) is 4.94. The van der Waals surface area contributed by atoms with E-state index in [0.717, 1.165) is 52.1 Å². The fraction of sp³-hybridized carbons (Fsp3) is 0.938. The van der Waals surface area contributed by atoms with Gasteiger partial charge in [0.25, 0.3) is 0 Å². The number of hydrogen-bond acceptors (Lipinski definition) is 4. The molecule has 2 aliphatic heterocycles. The Morgan fingerprint density at radius 2 is 1.86 bits per heavy atom. The molecular formula is C16H31N3O2. The molecule has 2 rings (SSSR count). The zero-order chi connectivity index (χ0) is 15.1. The second-order valence-electron chi connectivity index (χ2n) is 6.49. The van der Waals surface area contributed by atoms with Crippen LogP contribution in [0.1, 0.15) is 38.5 Å². The smallest absolute Gasteiger partial charge is 0.224 e. The molecule has 2 fully saturated rings. The van der Waals surface area contributed by atoms with Gasteiger partial charge in [0.05, 0.1) is 0 Å². The van der Waals surface area contributed by atoms with Crippen molar-refractivity contribution in [1.82, 2.24) is 14.7 Å². The van der Waals surface area contributed by atoms with Crippen LogP contribution < -0.4 is 0 Å². The molecule has 0 radical (unpaired) electrons. The number of likely N-dealkylation sites (tertiary alicyclic amines) is 1. The summed E-state index contributed by atoms with van der Waals surface area (Å²) in [7, 11) is 2.15. The summed E-state index contributed by atoms with van der Waals surface area (Å²) in [6, 6.07) is 0.453. The maximum Gasteiger partial charge on any atom is 0.224 e. The van der Waals surface area contributed by atoms with E-state index in [4.69, 9.17) is 5.11 Å². The zero-order valence-corrected chi connectivity index (χ0v) is 13.5. The minimum absolute atomic E-state index is 0.285. The first kappa shape index (κ1) is 16.7. The summed E-state index contributed by atoms with van der Waals surface area (Å²) in [5, 5.41) is 8.81. The molecule has 5 heteroatoms. The molecule has 5 nitrogen and oxygen atoms in total. The summed E-state index contributed by atoms with van der Waals surface area (Å²) >= 11 is 0. The van der Waals surface area contributed by atoms with Crippen LogP contribution in [0.15, 0.2) is 0 Å². The molecule has 2 aliphatic rings. The van der Waals surface area contributed by atoms with Crippen LogP contribution >= 0.6 is 0 Å². The van der Waals surface area contributed by atoms with Crippen molar-refractivity contribution in [2.75, 3.05) is 52.9 Å². The molecule has 1 N–H and O–H groups in total. The number of unbranched alkanes of at least 4 members (excludes halogenated alkanes) is 1. The lowest BCUT2D eigenvalue weighted by Crippen LogP contribution is -2.50. The normalized spacial score (nSPS) is 25.2. The SMILES string of the molecule is CN1CCCCC1CC(=O)N1CCN(CCCCO)CC1. The minimum Gasteiger partial charge on any atom is -0.396 e. The van der Waals surface area contributed by atoms with E-state index >= 15 is 0 Å². The number of piperidine rings is 1. The Morgan fingerprint density at radius 3 is 2.52 bits per heavy atom. The van der Waals surface area contributed by atoms with E-state index in [0.29, 0.717) is 18.4 Å². The van der Waals surface area contributed by atoms with Gasteiger partial charge in [-0.2, -0.15) is 0 Å². The number of rotatable bonds is 6. The molecule has 2 saturated heterocycles. The molecule has 1 atom stereocenters. The maximum absolute atomic E-state index is 12.4. The van der Waals surface area contributed by atoms with Gasteiger partial charge < -0.3 is 14.9 Å². The fourth-order valence-electron chi connectivity index (χ4n) is 3.40. The molecule has 0 aromatic heterocycles. The van der Waals surface area contributed by atoms with Gasteiger partial charge in [-0.15, -0.1) is 0 Å². The number of hydrogen-bond donors (Lipinski definition) is 1. The van der Waals surface area contributed by atoms with Crippen molar-refractivity contribution >= 4 is 5.91 Å². The van der Waals surface area contributed by atoms with Crippen molar-refractivity contribution < 1.29 is 9.90 Å². The summed E-state index contributed by atoms with van der Waals surface area (Å²) in [5.41, 5.74) is 0. The molecule has 1 amide bonds. The van der Waals surface area contributed by atoms with Crippen molar-refractivity contribution in [3.05, 3.63) is 0 Å². The van der Waals surface area contributed by atoms with Crippen LogP contribution in [0.4, 0.5) is 0 Å². The molecule has 0 aliphatic carbocycles. The van der Waals surface area contributed by atoms with Gasteiger partial charge in [0, 0.05) is 45.2 Å². The monoisotopic (exact) mass is 297 g/mol. The first-order valence-electron chi connectivity index (χ1n) is 8.52. The lowest BCUT2D eigenvalue weighted by molar-refractivity contribution is -0.134. The van der Waals surface area contributed by atoms with Crippen molar-refractivity contribution in [2.45, 2.75) is 44.6 Å². The minimum atomic E-state index is 0.285. The van der Waals surface area contributed by atoms with Gasteiger partial charge in [-0.3, -0.25) is 9.69 Å². The van der Waals surface area contributed by atoms with Gasteiger partial charge >= 0.3 is 0 Å². The van der Waals surface area contributed by atoms with E-state index < -0.39 is 0 Å². The number of carbonyl (C=O) groups is 1. The molecule has 2 heterocycles. The van der Waals surface area contributed by atoms with Gasteiger partial charge in [0.1, 0.15) is 0 Å². The summed E-state index contributed by atoms with van der Waals surface area (Å²) < 4.78 is 0. The second kappa shape index (κ2) is 8.71. The van der Waals surface area contributed by atoms with Crippen LogP contribution in [0, 0.1) is 0 Å². The first-order valence-corrected chi connectivity index (χ1v) is 8.52. The molecule has 0 bridgehead atoms. The van der Waals surface area contributed by atoms with E-state index in [-0.39, 0.29) is 6.61 Å². The average molecular weight is 297 g/mol. The predicted molar refractivity (Wildman–Crippen MR) is 84.2 cm³/mol. The van der Waals surface area contributed by atoms with Crippen molar-refractivity contribution in [3.63, 3.8) is 0 Å². The lowest BCUT2D eigenvalue weighted by Gasteiger charge is -2.37. The van der Waals surface area contributed by atoms with E-state index in [2.05, 4.69) is 16.8 Å². The third-order valence-electron chi connectivity index (χ3n) is 4.94. The molecular weight excluding hydrogens is 266 g/mol. The van der Waals surface area contributed by atoms with E-state index in [1.807, 2.05) is 4.90 Å². The quantitative estimate of drug-likeness (QED) is 0.736. The number of nitrogens with zero attached hydrogens (tertiary/aromatic N) is 3. The van der Waals surface area contributed by atoms with Gasteiger partial charge in [-0.25, -0.2) is 0 Å². The second-order valence-corrected chi connectivity index (χ2v) is 6.49. The summed E-state index contributed by atoms with van der Waals surface area (Å²) in [6.45, 7) is 6.18. The summed E-state index contributed by atoms with van der Waals surface area (Å²) in [4.78, 5) is 19.2. The Kier molecular flexibility index (Phi) is 6.93. The van der Waals surface area contributed by atoms with Crippen molar-refractivity contribution in [1.29, 1.82) is 0 Å². The topological polar surface area (TPSA) is 47.0 Å². The Hall–Kier alpha value is -0.650. The number of amides is 1. The highest BCUT2D eigenvalue weighted by Gasteiger charge is 2.26. The molecule has 0 aromatic rings. The van der Waals surface area contributed by atoms with Gasteiger partial charge in [0.2, 0.25) is 5.91 Å². The highest BCUT2D eigenvalue weighted by Crippen LogP contribution is 2.19. The number of aliphatic hydroxyl groups excluding tert-OH is 1. The first-order chi connectivity index (χ1) is 10.2. The van der Waals surface area contributed by atoms with E-state index in [1.165, 1.54) is 19.3 Å². The lowest BCUT2D eigenvalue weighted by atomic mass is 9.99. The zero-order valence-electron chi connectivity index (χ0n) is 13.5. The Balaban J connectivity index is 1.67. The third kappa shape index (κ3) is 5.24. The number of aliphatic hydroxyl groups is 1. The highest BCUT2D eigenvalue weighted by molar-refractivity contribution is 5.77. The van der Waals surface area contributed by atoms with Gasteiger partial charge in [-0.05, 0) is 45.8 Å². The van der Waals surface area contributed by atoms with Crippen LogP contribution in [0.5, 0.6) is 0 Å². The highest BCUT2D eigenvalue weighted by atomic mass is 16.2. The molecule has 122 valence electrons. The molecule has 1 unspecified atom stereocenters. The predicted octanol–water partition coefficient (Wildman–Crippen LogP) is 0.778. The fourth-order valence-corrected chi connectivity index (χ4v) is 3.40. The Labute approximate surface area is 128 Å². The van der Waals surface area contributed by atoms with Crippen LogP contribution in [0.3, 0.4) is 0 Å². The molecule has 0 saturated carbocycles. The Morgan fingerprint density at radius 1 is 1.10 bits per heavy atom. The van der Waals surface area contributed by atoms with Crippen molar-refractivity contribution in [3.8, 4) is 0 Å². The van der Waals surface area contributed by atoms with E-state index in [1.54, 1.807) is 0 Å². The standard InChI is InChI=1S/C16H31N3O2/c1-17-7-3-2-6-15(17)14-16(21)19-11-9-18(10-12-19)8-4-5-13-20/h15,20H,2-14H2,1H3. The van der Waals surface area contributed by atoms with Crippen molar-refractivity contribution in [2.24, 2.45) is 0 Å². The maximum atomic E-state index is 12.4. The number of carbonyl (C=O) groups excluding carboxylic acids is 1. The Bertz CT molecular complexity index is 317. The largest absolute Gasteiger partial charge is 0.396 e. The number of piperazine rings is 1. The van der Waals surface area contributed by atoms with Crippen LogP contribution in [0.25, 0.3) is 0 Å². The van der Waals surface area contributed by atoms with Gasteiger partial charge in [0.15, 0.2) is 0 Å². The summed E-state index contributed by atoms with van der Waals surface area (Å²) in [6.07, 6.45) is 6.34. The van der Waals surface area contributed by atoms with Crippen LogP contribution in [-0.2, 0) is 4.79 Å². The summed E-state index contributed by atoms with van der Waals surface area (Å²) in [5.74, 6) is 0.337. The average Bonchev–Trinajstić information content (AvgIpc) is 2.50. The van der Waals surface area contributed by atoms with Crippen LogP contribution in [-0.4, -0.2) is 84.7 Å². The van der Waals surface area contributed by atoms with E-state index in [9.17, 15) is 4.79 Å².